The zero-order valence-corrected chi connectivity index (χ0v) is 27.0. The van der Waals surface area contributed by atoms with E-state index in [1.807, 2.05) is 97.1 Å². The molecular formula is C38H37N2O4S+. The van der Waals surface area contributed by atoms with Crippen molar-refractivity contribution >= 4 is 54.7 Å². The highest BCUT2D eigenvalue weighted by molar-refractivity contribution is 7.85. The topological polar surface area (TPSA) is 77.7 Å². The van der Waals surface area contributed by atoms with Gasteiger partial charge in [0.2, 0.25) is 11.6 Å². The van der Waals surface area contributed by atoms with E-state index in [0.717, 1.165) is 55.5 Å². The number of carbonyl (C=O) groups excluding carboxylic acids is 1. The maximum atomic E-state index is 12.8. The minimum absolute atomic E-state index is 0.0327. The number of anilines is 1. The summed E-state index contributed by atoms with van der Waals surface area (Å²) in [6.45, 7) is 10.0. The van der Waals surface area contributed by atoms with Crippen molar-refractivity contribution in [3.63, 3.8) is 0 Å². The lowest BCUT2D eigenvalue weighted by Crippen LogP contribution is -2.29. The second-order valence-corrected chi connectivity index (χ2v) is 14.1. The van der Waals surface area contributed by atoms with Crippen LogP contribution in [0.1, 0.15) is 45.7 Å². The van der Waals surface area contributed by atoms with Crippen LogP contribution in [0.4, 0.5) is 11.4 Å². The van der Waals surface area contributed by atoms with Gasteiger partial charge in [-0.15, -0.1) is 0 Å². The first-order valence-corrected chi connectivity index (χ1v) is 16.6. The van der Waals surface area contributed by atoms with Crippen molar-refractivity contribution in [1.82, 2.24) is 0 Å². The van der Waals surface area contributed by atoms with Crippen LogP contribution in [0.25, 0.3) is 21.5 Å². The zero-order valence-electron chi connectivity index (χ0n) is 26.2. The van der Waals surface area contributed by atoms with Gasteiger partial charge in [-0.1, -0.05) is 98.8 Å². The minimum atomic E-state index is -4.28. The Labute approximate surface area is 264 Å². The molecule has 2 aliphatic rings. The van der Waals surface area contributed by atoms with Crippen molar-refractivity contribution in [2.24, 2.45) is 0 Å². The van der Waals surface area contributed by atoms with Crippen molar-refractivity contribution < 1.29 is 22.3 Å². The second-order valence-electron chi connectivity index (χ2n) is 12.7. The summed E-state index contributed by atoms with van der Waals surface area (Å²) in [6.07, 6.45) is 13.4. The SMILES string of the molecule is CC(=O)N1/C(=C/C=C/C=C/C=C/C2=[N+](CS(=O)(=O)O)c3ccc4ccccc4c3C2(C)C)C(C)(C)c2c1ccc1ccccc21. The first-order valence-electron chi connectivity index (χ1n) is 15.0. The van der Waals surface area contributed by atoms with E-state index in [9.17, 15) is 17.8 Å². The Kier molecular flexibility index (Phi) is 7.50. The maximum absolute atomic E-state index is 12.8. The standard InChI is InChI=1S/C38H36N2O4S/c1-26(41)40-32-24-22-28-16-12-14-18-30(28)36(32)38(4,5)34(40)20-10-8-6-7-9-19-33-37(2,3)35-29-17-13-11-15-27(29)21-23-31(35)39(33)25-45(42,43)44/h6-24H,25H2,1-5H3/p+1. The molecule has 0 unspecified atom stereocenters. The molecule has 2 aliphatic heterocycles. The second kappa shape index (κ2) is 11.1. The monoisotopic (exact) mass is 617 g/mol. The lowest BCUT2D eigenvalue weighted by molar-refractivity contribution is -0.415. The summed E-state index contributed by atoms with van der Waals surface area (Å²) in [5.41, 5.74) is 4.67. The predicted molar refractivity (Wildman–Crippen MR) is 184 cm³/mol. The largest absolute Gasteiger partial charge is 0.326 e. The lowest BCUT2D eigenvalue weighted by Gasteiger charge is -2.24. The minimum Gasteiger partial charge on any atom is -0.284 e. The quantitative estimate of drug-likeness (QED) is 0.135. The third-order valence-corrected chi connectivity index (χ3v) is 9.55. The van der Waals surface area contributed by atoms with Crippen LogP contribution in [-0.4, -0.2) is 35.0 Å². The van der Waals surface area contributed by atoms with Gasteiger partial charge < -0.3 is 0 Å². The molecule has 0 spiro atoms. The Morgan fingerprint density at radius 3 is 2.00 bits per heavy atom. The molecule has 0 atom stereocenters. The van der Waals surface area contributed by atoms with Crippen LogP contribution in [0.15, 0.2) is 121 Å². The van der Waals surface area contributed by atoms with Crippen LogP contribution in [0.2, 0.25) is 0 Å². The van der Waals surface area contributed by atoms with Gasteiger partial charge >= 0.3 is 10.1 Å². The highest BCUT2D eigenvalue weighted by Crippen LogP contribution is 2.51. The van der Waals surface area contributed by atoms with Gasteiger partial charge in [-0.05, 0) is 59.2 Å². The molecule has 45 heavy (non-hydrogen) atoms. The fraction of sp³-hybridized carbons (Fsp3) is 0.211. The molecule has 0 bridgehead atoms. The fourth-order valence-corrected chi connectivity index (χ4v) is 7.69. The zero-order chi connectivity index (χ0) is 32.1. The molecule has 0 saturated heterocycles. The lowest BCUT2D eigenvalue weighted by atomic mass is 9.79. The van der Waals surface area contributed by atoms with Crippen molar-refractivity contribution in [2.75, 3.05) is 10.8 Å². The summed E-state index contributed by atoms with van der Waals surface area (Å²) in [7, 11) is -4.28. The summed E-state index contributed by atoms with van der Waals surface area (Å²) < 4.78 is 35.6. The molecule has 0 aromatic heterocycles. The van der Waals surface area contributed by atoms with Crippen molar-refractivity contribution in [2.45, 2.75) is 45.4 Å². The van der Waals surface area contributed by atoms with E-state index in [0.29, 0.717) is 0 Å². The number of hydrogen-bond donors (Lipinski definition) is 1. The number of hydrogen-bond acceptors (Lipinski definition) is 3. The first-order chi connectivity index (χ1) is 21.3. The average molecular weight is 618 g/mol. The van der Waals surface area contributed by atoms with Gasteiger partial charge in [0.05, 0.1) is 11.1 Å². The van der Waals surface area contributed by atoms with E-state index in [1.54, 1.807) is 16.4 Å². The molecule has 4 aromatic carbocycles. The number of benzene rings is 4. The van der Waals surface area contributed by atoms with Gasteiger partial charge in [-0.25, -0.2) is 0 Å². The molecular weight excluding hydrogens is 580 g/mol. The Morgan fingerprint density at radius 2 is 1.36 bits per heavy atom. The molecule has 6 rings (SSSR count). The van der Waals surface area contributed by atoms with Crippen LogP contribution in [0.5, 0.6) is 0 Å². The fourth-order valence-electron chi connectivity index (χ4n) is 7.09. The number of carbonyl (C=O) groups is 1. The molecule has 1 amide bonds. The summed E-state index contributed by atoms with van der Waals surface area (Å²) in [6, 6.07) is 24.3. The molecule has 0 aliphatic carbocycles. The van der Waals surface area contributed by atoms with Crippen LogP contribution in [-0.2, 0) is 25.7 Å². The molecule has 2 heterocycles. The number of allylic oxidation sites excluding steroid dienone is 8. The number of fused-ring (bicyclic) bond motifs is 6. The van der Waals surface area contributed by atoms with E-state index >= 15 is 0 Å². The van der Waals surface area contributed by atoms with E-state index in [4.69, 9.17) is 0 Å². The summed E-state index contributed by atoms with van der Waals surface area (Å²) in [5, 5.41) is 4.42. The predicted octanol–water partition coefficient (Wildman–Crippen LogP) is 8.11. The van der Waals surface area contributed by atoms with Gasteiger partial charge in [0.15, 0.2) is 5.71 Å². The van der Waals surface area contributed by atoms with Gasteiger partial charge in [0, 0.05) is 35.7 Å². The summed E-state index contributed by atoms with van der Waals surface area (Å²) in [5.74, 6) is -0.562. The van der Waals surface area contributed by atoms with E-state index in [1.165, 1.54) is 0 Å². The van der Waals surface area contributed by atoms with Gasteiger partial charge in [-0.3, -0.25) is 14.2 Å². The van der Waals surface area contributed by atoms with Crippen LogP contribution in [0, 0.1) is 0 Å². The van der Waals surface area contributed by atoms with Crippen molar-refractivity contribution in [1.29, 1.82) is 0 Å². The Bertz CT molecular complexity index is 2150. The third-order valence-electron chi connectivity index (χ3n) is 8.97. The molecule has 0 radical (unpaired) electrons. The van der Waals surface area contributed by atoms with Crippen LogP contribution < -0.4 is 4.90 Å². The maximum Gasteiger partial charge on any atom is 0.326 e. The number of amides is 1. The highest BCUT2D eigenvalue weighted by atomic mass is 32.2. The van der Waals surface area contributed by atoms with E-state index in [-0.39, 0.29) is 11.3 Å². The van der Waals surface area contributed by atoms with Crippen molar-refractivity contribution in [3.8, 4) is 0 Å². The normalized spacial score (nSPS) is 18.4. The van der Waals surface area contributed by atoms with Crippen LogP contribution in [0.3, 0.4) is 0 Å². The Morgan fingerprint density at radius 1 is 0.778 bits per heavy atom. The molecule has 7 heteroatoms. The molecule has 4 aromatic rings. The number of rotatable bonds is 6. The Hall–Kier alpha value is -4.59. The third kappa shape index (κ3) is 5.26. The van der Waals surface area contributed by atoms with Crippen LogP contribution >= 0.6 is 0 Å². The number of nitrogens with zero attached hydrogens (tertiary/aromatic N) is 2. The van der Waals surface area contributed by atoms with Gasteiger partial charge in [-0.2, -0.15) is 13.0 Å². The molecule has 0 saturated carbocycles. The van der Waals surface area contributed by atoms with Gasteiger partial charge in [0.25, 0.3) is 5.88 Å². The molecule has 0 fully saturated rings. The van der Waals surface area contributed by atoms with Crippen molar-refractivity contribution in [3.05, 3.63) is 132 Å². The summed E-state index contributed by atoms with van der Waals surface area (Å²) >= 11 is 0. The van der Waals surface area contributed by atoms with E-state index in [2.05, 4.69) is 45.9 Å². The average Bonchev–Trinajstić information content (AvgIpc) is 3.34. The Balaban J connectivity index is 1.29. The smallest absolute Gasteiger partial charge is 0.284 e. The highest BCUT2D eigenvalue weighted by Gasteiger charge is 2.47. The molecule has 6 nitrogen and oxygen atoms in total. The summed E-state index contributed by atoms with van der Waals surface area (Å²) in [4.78, 5) is 14.6. The molecule has 228 valence electrons. The first kappa shape index (κ1) is 30.4. The van der Waals surface area contributed by atoms with Gasteiger partial charge in [0.1, 0.15) is 0 Å². The molecule has 1 N–H and O–H groups in total. The van der Waals surface area contributed by atoms with E-state index < -0.39 is 21.4 Å².